The van der Waals surface area contributed by atoms with E-state index in [1.165, 1.54) is 18.3 Å². The van der Waals surface area contributed by atoms with Crippen molar-refractivity contribution in [2.75, 3.05) is 11.9 Å². The van der Waals surface area contributed by atoms with Gasteiger partial charge in [0, 0.05) is 30.0 Å². The smallest absolute Gasteiger partial charge is 0.257 e. The van der Waals surface area contributed by atoms with Crippen molar-refractivity contribution in [2.45, 2.75) is 13.3 Å². The number of amides is 2. The van der Waals surface area contributed by atoms with Gasteiger partial charge in [0.1, 0.15) is 11.0 Å². The van der Waals surface area contributed by atoms with E-state index in [1.54, 1.807) is 18.2 Å². The lowest BCUT2D eigenvalue weighted by Crippen LogP contribution is -2.22. The Balaban J connectivity index is 1.41. The molecule has 0 spiro atoms. The molecule has 9 heteroatoms. The summed E-state index contributed by atoms with van der Waals surface area (Å²) in [5.74, 6) is -0.274. The van der Waals surface area contributed by atoms with Gasteiger partial charge in [0.25, 0.3) is 5.91 Å². The van der Waals surface area contributed by atoms with E-state index in [0.29, 0.717) is 28.3 Å². The average molecular weight is 406 g/mol. The standard InChI is InChI=1S/C20H18N6O2S/c1-12(27)21-9-8-13-2-4-14(5-3-13)18-11-29-20(22-18)23-19(28)15-6-7-16-17(10-15)25-26-24-16/h2-7,10-11H,8-9H2,1H3,(H,21,27)(H,22,23,28)(H,24,25,26). The van der Waals surface area contributed by atoms with Crippen molar-refractivity contribution in [1.82, 2.24) is 25.7 Å². The van der Waals surface area contributed by atoms with E-state index in [1.807, 2.05) is 29.6 Å². The third-order valence-corrected chi connectivity index (χ3v) is 5.10. The minimum atomic E-state index is -0.246. The number of benzene rings is 2. The SMILES string of the molecule is CC(=O)NCCc1ccc(-c2csc(NC(=O)c3ccc4n[nH]nc4c3)n2)cc1. The fourth-order valence-electron chi connectivity index (χ4n) is 2.84. The van der Waals surface area contributed by atoms with Gasteiger partial charge in [-0.2, -0.15) is 15.4 Å². The van der Waals surface area contributed by atoms with Crippen molar-refractivity contribution in [3.05, 3.63) is 59.0 Å². The maximum absolute atomic E-state index is 12.5. The molecule has 0 aliphatic carbocycles. The molecule has 0 saturated heterocycles. The molecule has 2 heterocycles. The number of hydrogen-bond donors (Lipinski definition) is 3. The summed E-state index contributed by atoms with van der Waals surface area (Å²) in [5, 5.41) is 18.5. The number of nitrogens with one attached hydrogen (secondary N) is 3. The second-order valence-corrected chi connectivity index (χ2v) is 7.31. The highest BCUT2D eigenvalue weighted by atomic mass is 32.1. The van der Waals surface area contributed by atoms with Crippen molar-refractivity contribution in [3.8, 4) is 11.3 Å². The van der Waals surface area contributed by atoms with Crippen molar-refractivity contribution >= 4 is 39.3 Å². The molecule has 8 nitrogen and oxygen atoms in total. The second-order valence-electron chi connectivity index (χ2n) is 6.45. The van der Waals surface area contributed by atoms with Crippen molar-refractivity contribution in [3.63, 3.8) is 0 Å². The number of aromatic nitrogens is 4. The molecule has 0 aliphatic rings. The number of carbonyl (C=O) groups excluding carboxylic acids is 2. The minimum absolute atomic E-state index is 0.0281. The predicted molar refractivity (Wildman–Crippen MR) is 112 cm³/mol. The van der Waals surface area contributed by atoms with E-state index in [2.05, 4.69) is 31.0 Å². The van der Waals surface area contributed by atoms with Crippen molar-refractivity contribution in [2.24, 2.45) is 0 Å². The van der Waals surface area contributed by atoms with Crippen LogP contribution < -0.4 is 10.6 Å². The van der Waals surface area contributed by atoms with E-state index >= 15 is 0 Å². The zero-order valence-corrected chi connectivity index (χ0v) is 16.4. The maximum Gasteiger partial charge on any atom is 0.257 e. The number of hydrogen-bond acceptors (Lipinski definition) is 6. The Morgan fingerprint density at radius 2 is 1.86 bits per heavy atom. The summed E-state index contributed by atoms with van der Waals surface area (Å²) in [6.07, 6.45) is 0.772. The molecule has 2 aromatic heterocycles. The number of nitrogens with zero attached hydrogens (tertiary/aromatic N) is 3. The fraction of sp³-hybridized carbons (Fsp3) is 0.150. The van der Waals surface area contributed by atoms with E-state index in [-0.39, 0.29) is 11.8 Å². The Hall–Kier alpha value is -3.59. The monoisotopic (exact) mass is 406 g/mol. The Labute approximate surface area is 170 Å². The normalized spacial score (nSPS) is 10.8. The Morgan fingerprint density at radius 3 is 2.66 bits per heavy atom. The molecule has 0 unspecified atom stereocenters. The molecule has 2 aromatic carbocycles. The zero-order valence-electron chi connectivity index (χ0n) is 15.6. The number of rotatable bonds is 6. The summed E-state index contributed by atoms with van der Waals surface area (Å²) in [5.41, 5.74) is 4.73. The van der Waals surface area contributed by atoms with E-state index in [4.69, 9.17) is 0 Å². The largest absolute Gasteiger partial charge is 0.356 e. The molecular weight excluding hydrogens is 388 g/mol. The highest BCUT2D eigenvalue weighted by molar-refractivity contribution is 7.14. The van der Waals surface area contributed by atoms with Crippen LogP contribution in [0, 0.1) is 0 Å². The van der Waals surface area contributed by atoms with E-state index in [9.17, 15) is 9.59 Å². The molecule has 4 aromatic rings. The molecule has 0 aliphatic heterocycles. The van der Waals surface area contributed by atoms with Crippen LogP contribution in [0.2, 0.25) is 0 Å². The molecule has 4 rings (SSSR count). The number of thiazole rings is 1. The highest BCUT2D eigenvalue weighted by Crippen LogP contribution is 2.25. The number of aromatic amines is 1. The van der Waals surface area contributed by atoms with E-state index in [0.717, 1.165) is 23.2 Å². The molecule has 0 radical (unpaired) electrons. The van der Waals surface area contributed by atoms with Gasteiger partial charge in [-0.15, -0.1) is 11.3 Å². The van der Waals surface area contributed by atoms with Crippen LogP contribution in [0.25, 0.3) is 22.3 Å². The summed E-state index contributed by atoms with van der Waals surface area (Å²) in [6, 6.07) is 13.1. The lowest BCUT2D eigenvalue weighted by atomic mass is 10.1. The summed E-state index contributed by atoms with van der Waals surface area (Å²) >= 11 is 1.37. The van der Waals surface area contributed by atoms with Crippen LogP contribution in [0.5, 0.6) is 0 Å². The van der Waals surface area contributed by atoms with Crippen molar-refractivity contribution < 1.29 is 9.59 Å². The number of H-pyrrole nitrogens is 1. The fourth-order valence-corrected chi connectivity index (χ4v) is 3.55. The maximum atomic E-state index is 12.5. The third-order valence-electron chi connectivity index (χ3n) is 4.34. The van der Waals surface area contributed by atoms with Crippen LogP contribution in [0.15, 0.2) is 47.8 Å². The van der Waals surface area contributed by atoms with Crippen LogP contribution in [0.1, 0.15) is 22.8 Å². The number of anilines is 1. The first-order valence-corrected chi connectivity index (χ1v) is 9.87. The van der Waals surface area contributed by atoms with Gasteiger partial charge >= 0.3 is 0 Å². The number of fused-ring (bicyclic) bond motifs is 1. The van der Waals surface area contributed by atoms with Crippen LogP contribution in [0.3, 0.4) is 0 Å². The molecule has 3 N–H and O–H groups in total. The van der Waals surface area contributed by atoms with Crippen LogP contribution in [-0.2, 0) is 11.2 Å². The summed E-state index contributed by atoms with van der Waals surface area (Å²) in [7, 11) is 0. The van der Waals surface area contributed by atoms with Crippen LogP contribution in [0.4, 0.5) is 5.13 Å². The van der Waals surface area contributed by atoms with Gasteiger partial charge in [-0.25, -0.2) is 4.98 Å². The molecular formula is C20H18N6O2S. The Kier molecular flexibility index (Phi) is 5.30. The first kappa shape index (κ1) is 18.8. The van der Waals surface area contributed by atoms with E-state index < -0.39 is 0 Å². The van der Waals surface area contributed by atoms with Gasteiger partial charge < -0.3 is 5.32 Å². The quantitative estimate of drug-likeness (QED) is 0.456. The Morgan fingerprint density at radius 1 is 1.07 bits per heavy atom. The van der Waals surface area contributed by atoms with Crippen molar-refractivity contribution in [1.29, 1.82) is 0 Å². The highest BCUT2D eigenvalue weighted by Gasteiger charge is 2.11. The first-order valence-electron chi connectivity index (χ1n) is 8.99. The molecule has 2 amide bonds. The summed E-state index contributed by atoms with van der Waals surface area (Å²) < 4.78 is 0. The minimum Gasteiger partial charge on any atom is -0.356 e. The van der Waals surface area contributed by atoms with Gasteiger partial charge in [0.15, 0.2) is 5.13 Å². The topological polar surface area (TPSA) is 113 Å². The first-order chi connectivity index (χ1) is 14.1. The van der Waals surface area contributed by atoms with Crippen LogP contribution >= 0.6 is 11.3 Å². The van der Waals surface area contributed by atoms with Gasteiger partial charge in [0.2, 0.25) is 5.91 Å². The van der Waals surface area contributed by atoms with Gasteiger partial charge in [-0.05, 0) is 30.2 Å². The second kappa shape index (κ2) is 8.19. The summed E-state index contributed by atoms with van der Waals surface area (Å²) in [6.45, 7) is 2.12. The van der Waals surface area contributed by atoms with Crippen LogP contribution in [-0.4, -0.2) is 38.8 Å². The van der Waals surface area contributed by atoms with Gasteiger partial charge in [-0.1, -0.05) is 24.3 Å². The lowest BCUT2D eigenvalue weighted by Gasteiger charge is -2.04. The molecule has 0 atom stereocenters. The van der Waals surface area contributed by atoms with Gasteiger partial charge in [0.05, 0.1) is 5.69 Å². The molecule has 0 fully saturated rings. The average Bonchev–Trinajstić information content (AvgIpc) is 3.37. The number of carbonyl (C=O) groups is 2. The zero-order chi connectivity index (χ0) is 20.2. The van der Waals surface area contributed by atoms with Gasteiger partial charge in [-0.3, -0.25) is 14.9 Å². The Bertz CT molecular complexity index is 1170. The lowest BCUT2D eigenvalue weighted by molar-refractivity contribution is -0.118. The summed E-state index contributed by atoms with van der Waals surface area (Å²) in [4.78, 5) is 27.9. The molecule has 0 bridgehead atoms. The molecule has 29 heavy (non-hydrogen) atoms. The molecule has 146 valence electrons. The predicted octanol–water partition coefficient (Wildman–Crippen LogP) is 3.01. The molecule has 0 saturated carbocycles. The third kappa shape index (κ3) is 4.46.